The summed E-state index contributed by atoms with van der Waals surface area (Å²) in [4.78, 5) is 0. The molecule has 0 saturated heterocycles. The molecule has 0 bridgehead atoms. The van der Waals surface area contributed by atoms with Crippen LogP contribution in [0.1, 0.15) is 24.1 Å². The van der Waals surface area contributed by atoms with E-state index >= 15 is 0 Å². The van der Waals surface area contributed by atoms with E-state index in [1.807, 2.05) is 9.47 Å². The second kappa shape index (κ2) is 32.2. The van der Waals surface area contributed by atoms with Crippen LogP contribution in [0.15, 0.2) is 19.7 Å². The van der Waals surface area contributed by atoms with E-state index in [2.05, 4.69) is 38.7 Å². The number of aliphatic hydroxyl groups is 2. The third-order valence-electron chi connectivity index (χ3n) is 8.49. The van der Waals surface area contributed by atoms with Gasteiger partial charge >= 0.3 is 106 Å². The summed E-state index contributed by atoms with van der Waals surface area (Å²) in [6.07, 6.45) is -78.9. The van der Waals surface area contributed by atoms with Gasteiger partial charge < -0.3 is 19.7 Å². The van der Waals surface area contributed by atoms with Crippen molar-refractivity contribution >= 4 is 18.2 Å². The van der Waals surface area contributed by atoms with Crippen LogP contribution in [-0.2, 0) is 43.7 Å². The molecule has 3 aromatic carbocycles. The fourth-order valence-electron chi connectivity index (χ4n) is 4.65. The van der Waals surface area contributed by atoms with Crippen LogP contribution < -0.4 is 9.47 Å². The Hall–Kier alpha value is -5.14. The van der Waals surface area contributed by atoms with Gasteiger partial charge in [-0.2, -0.15) is 123 Å². The summed E-state index contributed by atoms with van der Waals surface area (Å²) in [5.74, 6) is -34.7. The van der Waals surface area contributed by atoms with Gasteiger partial charge in [-0.05, 0) is 0 Å². The van der Waals surface area contributed by atoms with Crippen molar-refractivity contribution in [2.45, 2.75) is 80.7 Å². The number of halogens is 42. The Morgan fingerprint density at radius 1 is 0.284 bits per heavy atom. The Labute approximate surface area is 521 Å². The maximum Gasteiger partial charge on any atom is 0 e. The van der Waals surface area contributed by atoms with Gasteiger partial charge in [-0.15, -0.1) is 0 Å². The average molecular weight is 1760 g/mol. The van der Waals surface area contributed by atoms with Gasteiger partial charge in [0.2, 0.25) is 29.1 Å². The molecule has 3 rings (SSSR count). The number of hydrogen-bond donors (Lipinski definition) is 2. The smallest absolute Gasteiger partial charge is 0 e. The molecule has 10 nitrogen and oxygen atoms in total. The molecular formula is C41H23F42O10UV. The van der Waals surface area contributed by atoms with Crippen molar-refractivity contribution in [3.05, 3.63) is 112 Å². The van der Waals surface area contributed by atoms with Crippen molar-refractivity contribution in [3.8, 4) is 11.5 Å². The average Bonchev–Trinajstić information content (AvgIpc) is 0.778. The second-order valence-corrected chi connectivity index (χ2v) is 17.4. The number of aliphatic hydroxyl groups excluding tert-OH is 2. The van der Waals surface area contributed by atoms with E-state index in [4.69, 9.17) is 10.2 Å². The van der Waals surface area contributed by atoms with Gasteiger partial charge in [0.05, 0.1) is 16.7 Å². The minimum atomic E-state index is -8.99. The van der Waals surface area contributed by atoms with E-state index in [0.29, 0.717) is 6.08 Å². The zero-order valence-corrected chi connectivity index (χ0v) is 48.2. The van der Waals surface area contributed by atoms with Crippen LogP contribution in [-0.4, -0.2) is 110 Å². The molecule has 3 aromatic rings. The molecule has 95 heavy (non-hydrogen) atoms. The van der Waals surface area contributed by atoms with Crippen molar-refractivity contribution in [3.63, 3.8) is 0 Å². The predicted molar refractivity (Wildman–Crippen MR) is 212 cm³/mol. The number of ether oxygens (including phenoxy) is 8. The predicted octanol–water partition coefficient (Wildman–Crippen LogP) is 17.5. The zero-order chi connectivity index (χ0) is 74.4. The summed E-state index contributed by atoms with van der Waals surface area (Å²) < 4.78 is 557. The Morgan fingerprint density at radius 2 is 0.432 bits per heavy atom. The largest absolute Gasteiger partial charge is 0 e. The van der Waals surface area contributed by atoms with E-state index in [1.54, 1.807) is 9.47 Å². The zero-order valence-electron chi connectivity index (χ0n) is 42.7. The van der Waals surface area contributed by atoms with Gasteiger partial charge in [0.15, 0.2) is 71.3 Å². The first-order chi connectivity index (χ1) is 41.0. The van der Waals surface area contributed by atoms with Crippen LogP contribution in [0.2, 0.25) is 0 Å². The molecule has 0 aliphatic carbocycles. The Morgan fingerprint density at radius 3 is 0.600 bits per heavy atom. The molecular weight excluding hydrogens is 1740 g/mol. The topological polar surface area (TPSA) is 114 Å². The van der Waals surface area contributed by atoms with E-state index in [-0.39, 0.29) is 50.7 Å². The molecule has 2 N–H and O–H groups in total. The standard InChI is InChI=1S/C24H10F20O5.C8H6F12O5.C8H3F5.CH4.5FH.U.V/c1-3-7-9(25)13(29)17(14(30)10(7)26)45-5-19(33,34)47-21(37,38)23(41,42)49-24(43,44)22(39,40)48-20(35,36)6-46-18-15(31)11(27)8(4-2)12(28)16(18)32;9-3(10,1-21)23-5(13,14)7(17,18)25-8(19,20)6(15,16)24-4(11,12)2-22;1-2-3-4(9)6(11)8(13)7(12)5(3)10;;;;;;;;/h3-4H,1-2,5-6H2;21-22H,1-2H2;2H,1H2;1H4;5*1H;;/q;;;;;;;;;;+5/p-5. The molecule has 0 aliphatic rings. The van der Waals surface area contributed by atoms with Gasteiger partial charge in [0.1, 0.15) is 13.2 Å². The van der Waals surface area contributed by atoms with Crippen LogP contribution in [0.4, 0.5) is 179 Å². The summed E-state index contributed by atoms with van der Waals surface area (Å²) in [7, 11) is 0. The van der Waals surface area contributed by atoms with Gasteiger partial charge in [0.25, 0.3) is 0 Å². The van der Waals surface area contributed by atoms with Crippen molar-refractivity contribution < 1.29 is 274 Å². The summed E-state index contributed by atoms with van der Waals surface area (Å²) >= 11 is -8.99. The first-order valence-corrected chi connectivity index (χ1v) is 23.5. The van der Waals surface area contributed by atoms with Crippen LogP contribution in [0, 0.1) is 107 Å². The molecule has 0 radical (unpaired) electrons. The number of benzene rings is 3. The monoisotopic (exact) mass is 1760 g/mol. The number of hydrogen-bond acceptors (Lipinski definition) is 10. The minimum absolute atomic E-state index is 0. The van der Waals surface area contributed by atoms with Crippen LogP contribution >= 0.6 is 0 Å². The van der Waals surface area contributed by atoms with E-state index in [1.165, 1.54) is 0 Å². The van der Waals surface area contributed by atoms with Crippen molar-refractivity contribution in [2.75, 3.05) is 26.4 Å². The van der Waals surface area contributed by atoms with Crippen LogP contribution in [0.5, 0.6) is 11.5 Å². The molecule has 0 aliphatic heterocycles. The Kier molecular flexibility index (Phi) is 31.9. The van der Waals surface area contributed by atoms with Crippen molar-refractivity contribution in [1.29, 1.82) is 0 Å². The van der Waals surface area contributed by atoms with Gasteiger partial charge in [-0.3, -0.25) is 0 Å². The second-order valence-electron chi connectivity index (χ2n) is 15.4. The van der Waals surface area contributed by atoms with Crippen LogP contribution in [0.25, 0.3) is 18.2 Å². The summed E-state index contributed by atoms with van der Waals surface area (Å²) in [6, 6.07) is 0. The normalized spacial score (nSPS) is 13.7. The van der Waals surface area contributed by atoms with Crippen LogP contribution in [0.3, 0.4) is 0 Å². The van der Waals surface area contributed by atoms with Crippen molar-refractivity contribution in [2.24, 2.45) is 0 Å². The number of rotatable bonds is 27. The fourth-order valence-corrected chi connectivity index (χ4v) is 4.65. The third-order valence-corrected chi connectivity index (χ3v) is 8.49. The molecule has 0 spiro atoms. The van der Waals surface area contributed by atoms with E-state index in [0.717, 1.165) is 0 Å². The summed E-state index contributed by atoms with van der Waals surface area (Å²) in [5.41, 5.74) is -4.11. The molecule has 0 unspecified atom stereocenters. The maximum absolute atomic E-state index is 13.8. The first kappa shape index (κ1) is 94.0. The first-order valence-electron chi connectivity index (χ1n) is 20.9. The van der Waals surface area contributed by atoms with Crippen molar-refractivity contribution in [1.82, 2.24) is 0 Å². The minimum Gasteiger partial charge on any atom is 0 e. The molecule has 0 saturated carbocycles. The third kappa shape index (κ3) is 25.3. The molecule has 550 valence electrons. The van der Waals surface area contributed by atoms with E-state index in [9.17, 15) is 179 Å². The molecule has 0 heterocycles. The fraction of sp³-hybridized carbons (Fsp3) is 0.415. The molecule has 0 fully saturated rings. The molecule has 0 aromatic heterocycles. The number of alkyl halides is 24. The SMILES string of the molecule is C.C=Cc1c(F)c(F)c(F)c(F)c1F.C=Cc1c(F)c(F)c(OCC(F)(F)OC(F)(F)C(F)(F)OC(F)(F)C(F)(F)OC(F)(F)COc2c(F)c(F)c(C=C)c(F)c2F)c(F)c1F.OCC(F)(F)OC(F)(F)C(F)(F)OC(F)(F)C(F)(F)OC(F)(F)CO.[F][V]([F])([F])([F])[F].[U]. The quantitative estimate of drug-likeness (QED) is 0.0434. The summed E-state index contributed by atoms with van der Waals surface area (Å²) in [5, 5.41) is 15.7. The van der Waals surface area contributed by atoms with Gasteiger partial charge in [-0.25, -0.2) is 67.9 Å². The molecule has 54 heteroatoms. The molecule has 0 amide bonds. The van der Waals surface area contributed by atoms with Gasteiger partial charge in [-0.1, -0.05) is 45.4 Å². The summed E-state index contributed by atoms with van der Waals surface area (Å²) in [6.45, 7) is -3.10. The Balaban J connectivity index is -0.00000151. The van der Waals surface area contributed by atoms with Gasteiger partial charge in [0, 0.05) is 31.1 Å². The van der Waals surface area contributed by atoms with E-state index < -0.39 is 219 Å². The maximum atomic E-state index is 13.8. The Bertz CT molecular complexity index is 2880. The molecule has 0 atom stereocenters.